The van der Waals surface area contributed by atoms with Gasteiger partial charge in [-0.1, -0.05) is 0 Å². The summed E-state index contributed by atoms with van der Waals surface area (Å²) >= 11 is 0. The summed E-state index contributed by atoms with van der Waals surface area (Å²) in [5, 5.41) is 2.18. The lowest BCUT2D eigenvalue weighted by atomic mass is 10.5. The number of aryl methyl sites for hydroxylation is 1. The van der Waals surface area contributed by atoms with Crippen LogP contribution in [0, 0.1) is 6.92 Å². The van der Waals surface area contributed by atoms with Crippen molar-refractivity contribution in [2.75, 3.05) is 5.32 Å². The van der Waals surface area contributed by atoms with Gasteiger partial charge in [0, 0.05) is 6.07 Å². The number of amides is 2. The van der Waals surface area contributed by atoms with E-state index >= 15 is 0 Å². The normalized spacial score (nSPS) is 9.42. The van der Waals surface area contributed by atoms with E-state index < -0.39 is 11.8 Å². The van der Waals surface area contributed by atoms with E-state index in [0.717, 1.165) is 0 Å². The summed E-state index contributed by atoms with van der Waals surface area (Å²) in [4.78, 5) is 21.0. The summed E-state index contributed by atoms with van der Waals surface area (Å²) in [6.07, 6.45) is 0. The SMILES string of the molecule is Cc1ccc(NC(=O)C(N)=O)o1. The molecule has 0 bridgehead atoms. The highest BCUT2D eigenvalue weighted by Gasteiger charge is 2.09. The molecule has 0 radical (unpaired) electrons. The lowest BCUT2D eigenvalue weighted by Gasteiger charge is -1.95. The lowest BCUT2D eigenvalue weighted by Crippen LogP contribution is -2.29. The molecule has 1 aromatic rings. The molecule has 0 aliphatic carbocycles. The Kier molecular flexibility index (Phi) is 2.14. The van der Waals surface area contributed by atoms with Crippen LogP contribution in [-0.4, -0.2) is 11.8 Å². The predicted octanol–water partition coefficient (Wildman–Crippen LogP) is 0.0118. The molecule has 2 amide bonds. The molecule has 1 heterocycles. The van der Waals surface area contributed by atoms with Crippen molar-refractivity contribution in [2.24, 2.45) is 5.73 Å². The molecule has 0 spiro atoms. The summed E-state index contributed by atoms with van der Waals surface area (Å²) < 4.78 is 4.96. The number of furan rings is 1. The number of carbonyl (C=O) groups excluding carboxylic acids is 2. The topological polar surface area (TPSA) is 85.3 Å². The highest BCUT2D eigenvalue weighted by Crippen LogP contribution is 2.11. The maximum Gasteiger partial charge on any atom is 0.315 e. The molecule has 1 aromatic heterocycles. The average Bonchev–Trinajstić information content (AvgIpc) is 2.35. The van der Waals surface area contributed by atoms with E-state index in [1.54, 1.807) is 13.0 Å². The highest BCUT2D eigenvalue weighted by molar-refractivity contribution is 6.38. The van der Waals surface area contributed by atoms with Crippen LogP contribution in [0.2, 0.25) is 0 Å². The van der Waals surface area contributed by atoms with Crippen LogP contribution in [0.1, 0.15) is 5.76 Å². The van der Waals surface area contributed by atoms with Gasteiger partial charge in [-0.15, -0.1) is 0 Å². The van der Waals surface area contributed by atoms with Crippen LogP contribution >= 0.6 is 0 Å². The van der Waals surface area contributed by atoms with Crippen molar-refractivity contribution in [2.45, 2.75) is 6.92 Å². The monoisotopic (exact) mass is 168 g/mol. The number of nitrogens with one attached hydrogen (secondary N) is 1. The van der Waals surface area contributed by atoms with Crippen molar-refractivity contribution >= 4 is 17.7 Å². The Morgan fingerprint density at radius 3 is 2.58 bits per heavy atom. The first-order chi connectivity index (χ1) is 5.59. The van der Waals surface area contributed by atoms with Gasteiger partial charge in [-0.25, -0.2) is 0 Å². The molecule has 0 atom stereocenters. The van der Waals surface area contributed by atoms with Crippen LogP contribution in [0.4, 0.5) is 5.88 Å². The van der Waals surface area contributed by atoms with Crippen molar-refractivity contribution < 1.29 is 14.0 Å². The van der Waals surface area contributed by atoms with Gasteiger partial charge in [-0.2, -0.15) is 0 Å². The molecular weight excluding hydrogens is 160 g/mol. The number of nitrogens with two attached hydrogens (primary N) is 1. The van der Waals surface area contributed by atoms with Crippen molar-refractivity contribution in [3.63, 3.8) is 0 Å². The third kappa shape index (κ3) is 1.85. The quantitative estimate of drug-likeness (QED) is 0.579. The summed E-state index contributed by atoms with van der Waals surface area (Å²) in [6, 6.07) is 3.20. The van der Waals surface area contributed by atoms with Crippen LogP contribution in [0.3, 0.4) is 0 Å². The second-order valence-corrected chi connectivity index (χ2v) is 2.23. The molecule has 0 saturated carbocycles. The van der Waals surface area contributed by atoms with E-state index in [9.17, 15) is 9.59 Å². The maximum atomic E-state index is 10.7. The molecule has 5 nitrogen and oxygen atoms in total. The molecule has 0 fully saturated rings. The standard InChI is InChI=1S/C7H8N2O3/c1-4-2-3-5(12-4)9-7(11)6(8)10/h2-3H,1H3,(H2,8,10)(H,9,11). The number of anilines is 1. The zero-order valence-corrected chi connectivity index (χ0v) is 6.46. The minimum Gasteiger partial charge on any atom is -0.446 e. The van der Waals surface area contributed by atoms with Gasteiger partial charge in [-0.05, 0) is 13.0 Å². The van der Waals surface area contributed by atoms with Gasteiger partial charge in [0.25, 0.3) is 0 Å². The fourth-order valence-corrected chi connectivity index (χ4v) is 0.675. The maximum absolute atomic E-state index is 10.7. The number of primary amides is 1. The molecule has 0 unspecified atom stereocenters. The average molecular weight is 168 g/mol. The van der Waals surface area contributed by atoms with Crippen molar-refractivity contribution in [1.82, 2.24) is 0 Å². The fourth-order valence-electron chi connectivity index (χ4n) is 0.675. The van der Waals surface area contributed by atoms with E-state index in [2.05, 4.69) is 5.32 Å². The number of hydrogen-bond donors (Lipinski definition) is 2. The van der Waals surface area contributed by atoms with Crippen LogP contribution in [0.25, 0.3) is 0 Å². The largest absolute Gasteiger partial charge is 0.446 e. The van der Waals surface area contributed by atoms with Crippen molar-refractivity contribution in [1.29, 1.82) is 0 Å². The molecule has 0 aliphatic heterocycles. The van der Waals surface area contributed by atoms with Crippen LogP contribution in [0.5, 0.6) is 0 Å². The molecule has 12 heavy (non-hydrogen) atoms. The third-order valence-electron chi connectivity index (χ3n) is 1.20. The Labute approximate surface area is 68.5 Å². The van der Waals surface area contributed by atoms with Crippen LogP contribution in [0.15, 0.2) is 16.5 Å². The molecule has 0 aromatic carbocycles. The number of carbonyl (C=O) groups is 2. The number of hydrogen-bond acceptors (Lipinski definition) is 3. The van der Waals surface area contributed by atoms with Gasteiger partial charge in [-0.3, -0.25) is 14.9 Å². The summed E-state index contributed by atoms with van der Waals surface area (Å²) in [6.45, 7) is 1.72. The first kappa shape index (κ1) is 8.32. The molecule has 5 heteroatoms. The summed E-state index contributed by atoms with van der Waals surface area (Å²) in [5.41, 5.74) is 4.70. The van der Waals surface area contributed by atoms with Crippen molar-refractivity contribution in [3.05, 3.63) is 17.9 Å². The Morgan fingerprint density at radius 1 is 1.50 bits per heavy atom. The smallest absolute Gasteiger partial charge is 0.315 e. The Morgan fingerprint density at radius 2 is 2.17 bits per heavy atom. The third-order valence-corrected chi connectivity index (χ3v) is 1.20. The molecule has 0 saturated heterocycles. The van der Waals surface area contributed by atoms with Gasteiger partial charge >= 0.3 is 11.8 Å². The van der Waals surface area contributed by atoms with Gasteiger partial charge in [0.05, 0.1) is 0 Å². The summed E-state index contributed by atoms with van der Waals surface area (Å²) in [7, 11) is 0. The Hall–Kier alpha value is -1.78. The minimum atomic E-state index is -1.04. The molecule has 3 N–H and O–H groups in total. The molecular formula is C7H8N2O3. The molecule has 0 aliphatic rings. The van der Waals surface area contributed by atoms with Crippen molar-refractivity contribution in [3.8, 4) is 0 Å². The Balaban J connectivity index is 2.64. The Bertz CT molecular complexity index is 316. The van der Waals surface area contributed by atoms with Gasteiger partial charge in [0.2, 0.25) is 0 Å². The lowest BCUT2D eigenvalue weighted by molar-refractivity contribution is -0.134. The first-order valence-electron chi connectivity index (χ1n) is 3.27. The zero-order valence-electron chi connectivity index (χ0n) is 6.46. The predicted molar refractivity (Wildman–Crippen MR) is 41.3 cm³/mol. The van der Waals surface area contributed by atoms with E-state index in [0.29, 0.717) is 5.76 Å². The highest BCUT2D eigenvalue weighted by atomic mass is 16.4. The summed E-state index contributed by atoms with van der Waals surface area (Å²) in [5.74, 6) is -1.06. The minimum absolute atomic E-state index is 0.219. The molecule has 1 rings (SSSR count). The second-order valence-electron chi connectivity index (χ2n) is 2.23. The van der Waals surface area contributed by atoms with E-state index in [-0.39, 0.29) is 5.88 Å². The van der Waals surface area contributed by atoms with Crippen LogP contribution in [-0.2, 0) is 9.59 Å². The fraction of sp³-hybridized carbons (Fsp3) is 0.143. The van der Waals surface area contributed by atoms with E-state index in [1.807, 2.05) is 0 Å². The van der Waals surface area contributed by atoms with Crippen LogP contribution < -0.4 is 11.1 Å². The van der Waals surface area contributed by atoms with Gasteiger partial charge < -0.3 is 10.2 Å². The number of rotatable bonds is 1. The van der Waals surface area contributed by atoms with E-state index in [1.165, 1.54) is 6.07 Å². The van der Waals surface area contributed by atoms with Gasteiger partial charge in [0.15, 0.2) is 5.88 Å². The van der Waals surface area contributed by atoms with E-state index in [4.69, 9.17) is 10.2 Å². The molecule has 64 valence electrons. The van der Waals surface area contributed by atoms with Gasteiger partial charge in [0.1, 0.15) is 5.76 Å². The first-order valence-corrected chi connectivity index (χ1v) is 3.27. The zero-order chi connectivity index (χ0) is 9.14. The second kappa shape index (κ2) is 3.08.